The summed E-state index contributed by atoms with van der Waals surface area (Å²) in [7, 11) is 0. The number of fused-ring (bicyclic) bond motifs is 3. The zero-order chi connectivity index (χ0) is 15.9. The third-order valence-corrected chi connectivity index (χ3v) is 5.55. The second-order valence-electron chi connectivity index (χ2n) is 6.91. The predicted octanol–water partition coefficient (Wildman–Crippen LogP) is 4.35. The first-order valence-corrected chi connectivity index (χ1v) is 9.34. The zero-order valence-corrected chi connectivity index (χ0v) is 15.2. The molecule has 0 spiro atoms. The van der Waals surface area contributed by atoms with Crippen molar-refractivity contribution >= 4 is 27.5 Å². The second kappa shape index (κ2) is 5.88. The van der Waals surface area contributed by atoms with Crippen molar-refractivity contribution in [3.05, 3.63) is 22.8 Å². The number of benzene rings is 1. The highest BCUT2D eigenvalue weighted by Crippen LogP contribution is 2.49. The summed E-state index contributed by atoms with van der Waals surface area (Å²) in [4.78, 5) is 12.4. The van der Waals surface area contributed by atoms with Gasteiger partial charge in [-0.2, -0.15) is 0 Å². The Balaban J connectivity index is 2.05. The molecule has 2 aliphatic rings. The van der Waals surface area contributed by atoms with Crippen LogP contribution in [0.3, 0.4) is 0 Å². The third kappa shape index (κ3) is 2.45. The first kappa shape index (κ1) is 15.9. The van der Waals surface area contributed by atoms with Crippen LogP contribution in [0.4, 0.5) is 5.69 Å². The van der Waals surface area contributed by atoms with Gasteiger partial charge >= 0.3 is 0 Å². The number of rotatable bonds is 5. The molecule has 0 saturated heterocycles. The molecule has 0 aliphatic carbocycles. The number of aryl methyl sites for hydroxylation is 1. The Bertz CT molecular complexity index is 610. The van der Waals surface area contributed by atoms with E-state index in [9.17, 15) is 4.79 Å². The lowest BCUT2D eigenvalue weighted by Crippen LogP contribution is -2.27. The Morgan fingerprint density at radius 2 is 2.18 bits per heavy atom. The van der Waals surface area contributed by atoms with E-state index in [1.54, 1.807) is 0 Å². The molecule has 3 rings (SSSR count). The van der Waals surface area contributed by atoms with Crippen molar-refractivity contribution in [2.75, 3.05) is 10.6 Å². The first-order valence-electron chi connectivity index (χ1n) is 8.22. The number of amides is 1. The summed E-state index contributed by atoms with van der Waals surface area (Å²) in [6.07, 6.45) is 5.73. The zero-order valence-electron chi connectivity index (χ0n) is 13.6. The number of nitrogens with one attached hydrogen (secondary N) is 1. The van der Waals surface area contributed by atoms with Crippen LogP contribution in [0.1, 0.15) is 56.7 Å². The summed E-state index contributed by atoms with van der Waals surface area (Å²) in [5.74, 6) is 1.03. The highest BCUT2D eigenvalue weighted by Gasteiger charge is 2.44. The molecule has 120 valence electrons. The van der Waals surface area contributed by atoms with Gasteiger partial charge in [-0.15, -0.1) is 0 Å². The smallest absolute Gasteiger partial charge is 0.234 e. The van der Waals surface area contributed by atoms with E-state index in [-0.39, 0.29) is 12.0 Å². The van der Waals surface area contributed by atoms with Gasteiger partial charge in [0.1, 0.15) is 11.9 Å². The van der Waals surface area contributed by atoms with Crippen LogP contribution in [-0.4, -0.2) is 17.3 Å². The number of unbranched alkanes of at least 4 members (excludes halogenated alkanes) is 2. The average Bonchev–Trinajstić information content (AvgIpc) is 2.98. The molecule has 0 fully saturated rings. The standard InChI is InChI=1S/C18H24BrNO2/c1-4-5-6-7-11-8-12-9-13(10-19)22-16(12)14-15(11)20-17(21)18(14,2)3/h8,13H,4-7,9-10H2,1-3H3,(H,20,21). The number of ether oxygens (including phenoxy) is 1. The third-order valence-electron chi connectivity index (χ3n) is 4.82. The van der Waals surface area contributed by atoms with Gasteiger partial charge in [0.05, 0.1) is 11.1 Å². The number of hydrogen-bond donors (Lipinski definition) is 1. The van der Waals surface area contributed by atoms with Gasteiger partial charge in [0.15, 0.2) is 0 Å². The Morgan fingerprint density at radius 3 is 2.86 bits per heavy atom. The normalized spacial score (nSPS) is 21.3. The minimum atomic E-state index is -0.513. The molecule has 1 unspecified atom stereocenters. The molecule has 22 heavy (non-hydrogen) atoms. The molecule has 1 aromatic rings. The highest BCUT2D eigenvalue weighted by molar-refractivity contribution is 9.09. The molecule has 1 aromatic carbocycles. The van der Waals surface area contributed by atoms with Crippen LogP contribution >= 0.6 is 15.9 Å². The molecule has 2 heterocycles. The van der Waals surface area contributed by atoms with Gasteiger partial charge in [-0.05, 0) is 43.9 Å². The van der Waals surface area contributed by atoms with Crippen LogP contribution in [0.2, 0.25) is 0 Å². The molecular formula is C18H24BrNO2. The number of halogens is 1. The van der Waals surface area contributed by atoms with E-state index in [0.29, 0.717) is 0 Å². The van der Waals surface area contributed by atoms with Crippen LogP contribution in [0.5, 0.6) is 5.75 Å². The molecule has 0 bridgehead atoms. The Hall–Kier alpha value is -1.03. The summed E-state index contributed by atoms with van der Waals surface area (Å²) in [5.41, 5.74) is 4.12. The molecule has 0 aromatic heterocycles. The summed E-state index contributed by atoms with van der Waals surface area (Å²) in [6, 6.07) is 2.26. The number of carbonyl (C=O) groups is 1. The lowest BCUT2D eigenvalue weighted by molar-refractivity contribution is -0.119. The minimum absolute atomic E-state index is 0.0820. The monoisotopic (exact) mass is 365 g/mol. The minimum Gasteiger partial charge on any atom is -0.489 e. The van der Waals surface area contributed by atoms with E-state index in [4.69, 9.17) is 4.74 Å². The quantitative estimate of drug-likeness (QED) is 0.622. The SMILES string of the molecule is CCCCCc1cc2c(c3c1NC(=O)C3(C)C)OC(CBr)C2. The largest absolute Gasteiger partial charge is 0.489 e. The summed E-state index contributed by atoms with van der Waals surface area (Å²) in [5, 5.41) is 3.94. The maximum atomic E-state index is 12.4. The number of anilines is 1. The Labute approximate surface area is 140 Å². The van der Waals surface area contributed by atoms with Crippen molar-refractivity contribution in [3.63, 3.8) is 0 Å². The highest BCUT2D eigenvalue weighted by atomic mass is 79.9. The second-order valence-corrected chi connectivity index (χ2v) is 7.56. The molecule has 3 nitrogen and oxygen atoms in total. The van der Waals surface area contributed by atoms with E-state index in [2.05, 4.69) is 34.2 Å². The van der Waals surface area contributed by atoms with Gasteiger partial charge < -0.3 is 10.1 Å². The van der Waals surface area contributed by atoms with Crippen molar-refractivity contribution in [2.45, 2.75) is 64.4 Å². The van der Waals surface area contributed by atoms with E-state index in [1.165, 1.54) is 30.4 Å². The molecule has 1 N–H and O–H groups in total. The van der Waals surface area contributed by atoms with Crippen molar-refractivity contribution < 1.29 is 9.53 Å². The van der Waals surface area contributed by atoms with Gasteiger partial charge in [-0.1, -0.05) is 35.7 Å². The fourth-order valence-corrected chi connectivity index (χ4v) is 3.85. The molecule has 1 amide bonds. The average molecular weight is 366 g/mol. The summed E-state index contributed by atoms with van der Waals surface area (Å²) < 4.78 is 6.12. The Morgan fingerprint density at radius 1 is 1.41 bits per heavy atom. The fourth-order valence-electron chi connectivity index (χ4n) is 3.49. The molecule has 1 atom stereocenters. The predicted molar refractivity (Wildman–Crippen MR) is 93.2 cm³/mol. The maximum absolute atomic E-state index is 12.4. The number of carbonyl (C=O) groups excluding carboxylic acids is 1. The van der Waals surface area contributed by atoms with Gasteiger partial charge in [-0.25, -0.2) is 0 Å². The van der Waals surface area contributed by atoms with E-state index in [0.717, 1.165) is 35.2 Å². The maximum Gasteiger partial charge on any atom is 0.234 e. The van der Waals surface area contributed by atoms with Crippen LogP contribution < -0.4 is 10.1 Å². The Kier molecular flexibility index (Phi) is 4.23. The van der Waals surface area contributed by atoms with Crippen molar-refractivity contribution in [1.29, 1.82) is 0 Å². The van der Waals surface area contributed by atoms with E-state index >= 15 is 0 Å². The topological polar surface area (TPSA) is 38.3 Å². The lowest BCUT2D eigenvalue weighted by Gasteiger charge is -2.20. The molecule has 4 heteroatoms. The van der Waals surface area contributed by atoms with Crippen LogP contribution in [-0.2, 0) is 23.1 Å². The van der Waals surface area contributed by atoms with Crippen LogP contribution in [0, 0.1) is 0 Å². The first-order chi connectivity index (χ1) is 10.5. The molecular weight excluding hydrogens is 342 g/mol. The van der Waals surface area contributed by atoms with Gasteiger partial charge in [0, 0.05) is 17.3 Å². The van der Waals surface area contributed by atoms with Crippen molar-refractivity contribution in [2.24, 2.45) is 0 Å². The number of hydrogen-bond acceptors (Lipinski definition) is 2. The van der Waals surface area contributed by atoms with Gasteiger partial charge in [0.25, 0.3) is 0 Å². The van der Waals surface area contributed by atoms with Crippen LogP contribution in [0.25, 0.3) is 0 Å². The van der Waals surface area contributed by atoms with Gasteiger partial charge in [0.2, 0.25) is 5.91 Å². The fraction of sp³-hybridized carbons (Fsp3) is 0.611. The van der Waals surface area contributed by atoms with E-state index in [1.807, 2.05) is 13.8 Å². The molecule has 2 aliphatic heterocycles. The number of alkyl halides is 1. The molecule has 0 radical (unpaired) electrons. The van der Waals surface area contributed by atoms with Crippen molar-refractivity contribution in [1.82, 2.24) is 0 Å². The van der Waals surface area contributed by atoms with Gasteiger partial charge in [-0.3, -0.25) is 4.79 Å². The van der Waals surface area contributed by atoms with Crippen molar-refractivity contribution in [3.8, 4) is 5.75 Å². The van der Waals surface area contributed by atoms with Crippen LogP contribution in [0.15, 0.2) is 6.07 Å². The lowest BCUT2D eigenvalue weighted by atomic mass is 9.83. The summed E-state index contributed by atoms with van der Waals surface area (Å²) >= 11 is 3.52. The van der Waals surface area contributed by atoms with E-state index < -0.39 is 5.41 Å². The summed E-state index contributed by atoms with van der Waals surface area (Å²) in [6.45, 7) is 6.20. The molecule has 0 saturated carbocycles.